The normalized spacial score (nSPS) is 36.3. The number of nitrogens with zero attached hydrogens (tertiary/aromatic N) is 1. The standard InChI is InChI=1S/C6H11NOS.C2H6/c9-7-3-5-1-2-6(4-7)8-5;1-2/h5-6,9H,1-4H2;1-2H3. The minimum atomic E-state index is 0.487. The van der Waals surface area contributed by atoms with E-state index in [2.05, 4.69) is 17.1 Å². The van der Waals surface area contributed by atoms with Crippen molar-refractivity contribution in [1.29, 1.82) is 0 Å². The number of thiol groups is 1. The molecule has 0 aromatic heterocycles. The fourth-order valence-corrected chi connectivity index (χ4v) is 1.96. The van der Waals surface area contributed by atoms with E-state index in [1.165, 1.54) is 12.8 Å². The third kappa shape index (κ3) is 2.36. The maximum absolute atomic E-state index is 5.58. The van der Waals surface area contributed by atoms with Crippen LogP contribution >= 0.6 is 12.8 Å². The van der Waals surface area contributed by atoms with E-state index in [1.807, 2.05) is 13.8 Å². The third-order valence-electron chi connectivity index (χ3n) is 2.02. The first-order chi connectivity index (χ1) is 5.34. The van der Waals surface area contributed by atoms with Gasteiger partial charge in [0.2, 0.25) is 0 Å². The van der Waals surface area contributed by atoms with Gasteiger partial charge in [-0.05, 0) is 12.8 Å². The largest absolute Gasteiger partial charge is 0.372 e. The molecule has 0 saturated carbocycles. The van der Waals surface area contributed by atoms with Gasteiger partial charge in [0.05, 0.1) is 12.2 Å². The van der Waals surface area contributed by atoms with Crippen LogP contribution in [0.3, 0.4) is 0 Å². The second kappa shape index (κ2) is 4.33. The average Bonchev–Trinajstić information content (AvgIpc) is 2.35. The van der Waals surface area contributed by atoms with Gasteiger partial charge >= 0.3 is 0 Å². The van der Waals surface area contributed by atoms with E-state index in [-0.39, 0.29) is 0 Å². The van der Waals surface area contributed by atoms with Crippen LogP contribution in [0.25, 0.3) is 0 Å². The number of hydrogen-bond donors (Lipinski definition) is 1. The molecule has 2 atom stereocenters. The fourth-order valence-electron chi connectivity index (χ4n) is 1.59. The molecule has 0 amide bonds. The van der Waals surface area contributed by atoms with Crippen LogP contribution in [0, 0.1) is 0 Å². The minimum absolute atomic E-state index is 0.487. The molecule has 2 heterocycles. The summed E-state index contributed by atoms with van der Waals surface area (Å²) in [4.78, 5) is 0. The van der Waals surface area contributed by atoms with Crippen molar-refractivity contribution in [2.24, 2.45) is 0 Å². The van der Waals surface area contributed by atoms with E-state index < -0.39 is 0 Å². The maximum atomic E-state index is 5.58. The zero-order valence-corrected chi connectivity index (χ0v) is 8.18. The molecule has 2 fully saturated rings. The highest BCUT2D eigenvalue weighted by atomic mass is 32.1. The topological polar surface area (TPSA) is 12.5 Å². The first-order valence-corrected chi connectivity index (χ1v) is 4.84. The molecule has 2 saturated heterocycles. The van der Waals surface area contributed by atoms with Crippen LogP contribution in [-0.4, -0.2) is 29.6 Å². The highest BCUT2D eigenvalue weighted by Crippen LogP contribution is 2.26. The summed E-state index contributed by atoms with van der Waals surface area (Å²) in [5, 5.41) is 0. The van der Waals surface area contributed by atoms with Crippen LogP contribution in [0.1, 0.15) is 26.7 Å². The molecule has 0 aromatic carbocycles. The Kier molecular flexibility index (Phi) is 3.69. The SMILES string of the molecule is CC.SN1CC2CCC(C1)O2. The lowest BCUT2D eigenvalue weighted by Crippen LogP contribution is -2.36. The zero-order valence-electron chi connectivity index (χ0n) is 7.29. The first kappa shape index (κ1) is 9.36. The molecule has 0 radical (unpaired) electrons. The van der Waals surface area contributed by atoms with Crippen molar-refractivity contribution in [3.63, 3.8) is 0 Å². The molecule has 2 aliphatic heterocycles. The quantitative estimate of drug-likeness (QED) is 0.563. The second-order valence-electron chi connectivity index (χ2n) is 2.83. The molecule has 66 valence electrons. The van der Waals surface area contributed by atoms with Crippen molar-refractivity contribution in [3.05, 3.63) is 0 Å². The summed E-state index contributed by atoms with van der Waals surface area (Å²) in [5.41, 5.74) is 0. The van der Waals surface area contributed by atoms with Crippen LogP contribution in [0.4, 0.5) is 0 Å². The number of rotatable bonds is 0. The van der Waals surface area contributed by atoms with Gasteiger partial charge in [-0.3, -0.25) is 0 Å². The van der Waals surface area contributed by atoms with E-state index in [4.69, 9.17) is 4.74 Å². The molecule has 2 aliphatic rings. The molecule has 2 nitrogen and oxygen atoms in total. The van der Waals surface area contributed by atoms with Gasteiger partial charge in [0.15, 0.2) is 0 Å². The monoisotopic (exact) mass is 175 g/mol. The Balaban J connectivity index is 0.000000281. The van der Waals surface area contributed by atoms with Gasteiger partial charge in [-0.15, -0.1) is 0 Å². The van der Waals surface area contributed by atoms with Gasteiger partial charge in [-0.1, -0.05) is 26.7 Å². The highest BCUT2D eigenvalue weighted by Gasteiger charge is 2.32. The Hall–Kier alpha value is 0.270. The molecule has 0 aromatic rings. The zero-order chi connectivity index (χ0) is 8.27. The fraction of sp³-hybridized carbons (Fsp3) is 1.00. The first-order valence-electron chi connectivity index (χ1n) is 4.44. The van der Waals surface area contributed by atoms with Crippen molar-refractivity contribution in [1.82, 2.24) is 4.31 Å². The Labute approximate surface area is 74.5 Å². The van der Waals surface area contributed by atoms with Gasteiger partial charge in [0.1, 0.15) is 0 Å². The summed E-state index contributed by atoms with van der Waals surface area (Å²) in [6.07, 6.45) is 3.45. The Morgan fingerprint density at radius 2 is 1.64 bits per heavy atom. The van der Waals surface area contributed by atoms with Crippen LogP contribution in [-0.2, 0) is 4.74 Å². The molecule has 0 aliphatic carbocycles. The van der Waals surface area contributed by atoms with Crippen molar-refractivity contribution < 1.29 is 4.74 Å². The van der Waals surface area contributed by atoms with Crippen LogP contribution in [0.15, 0.2) is 0 Å². The second-order valence-corrected chi connectivity index (χ2v) is 3.39. The summed E-state index contributed by atoms with van der Waals surface area (Å²) < 4.78 is 7.64. The van der Waals surface area contributed by atoms with Gasteiger partial charge in [0, 0.05) is 13.1 Å². The number of ether oxygens (including phenoxy) is 1. The molecule has 0 N–H and O–H groups in total. The molecule has 0 spiro atoms. The van der Waals surface area contributed by atoms with Gasteiger partial charge in [0.25, 0.3) is 0 Å². The van der Waals surface area contributed by atoms with Crippen molar-refractivity contribution in [3.8, 4) is 0 Å². The lowest BCUT2D eigenvalue weighted by molar-refractivity contribution is -0.00773. The van der Waals surface area contributed by atoms with Crippen molar-refractivity contribution in [2.45, 2.75) is 38.9 Å². The van der Waals surface area contributed by atoms with Gasteiger partial charge < -0.3 is 4.74 Å². The molecule has 11 heavy (non-hydrogen) atoms. The van der Waals surface area contributed by atoms with Crippen LogP contribution < -0.4 is 0 Å². The number of hydrogen-bond acceptors (Lipinski definition) is 3. The molecule has 3 heteroatoms. The van der Waals surface area contributed by atoms with Crippen molar-refractivity contribution >= 4 is 12.8 Å². The molecular weight excluding hydrogens is 158 g/mol. The van der Waals surface area contributed by atoms with Crippen LogP contribution in [0.2, 0.25) is 0 Å². The van der Waals surface area contributed by atoms with Gasteiger partial charge in [-0.25, -0.2) is 4.31 Å². The number of morpholine rings is 1. The van der Waals surface area contributed by atoms with E-state index in [0.717, 1.165) is 13.1 Å². The molecule has 2 unspecified atom stereocenters. The predicted molar refractivity (Wildman–Crippen MR) is 49.8 cm³/mol. The lowest BCUT2D eigenvalue weighted by atomic mass is 10.2. The van der Waals surface area contributed by atoms with Crippen LogP contribution in [0.5, 0.6) is 0 Å². The average molecular weight is 175 g/mol. The lowest BCUT2D eigenvalue weighted by Gasteiger charge is -2.27. The predicted octanol–water partition coefficient (Wildman–Crippen LogP) is 1.72. The molecular formula is C8H17NOS. The molecule has 2 bridgehead atoms. The van der Waals surface area contributed by atoms with Gasteiger partial charge in [-0.2, -0.15) is 0 Å². The summed E-state index contributed by atoms with van der Waals surface area (Å²) in [7, 11) is 0. The Morgan fingerprint density at radius 3 is 2.09 bits per heavy atom. The highest BCUT2D eigenvalue weighted by molar-refractivity contribution is 7.77. The third-order valence-corrected chi connectivity index (χ3v) is 2.35. The van der Waals surface area contributed by atoms with E-state index in [1.54, 1.807) is 0 Å². The van der Waals surface area contributed by atoms with E-state index in [9.17, 15) is 0 Å². The number of fused-ring (bicyclic) bond motifs is 2. The maximum Gasteiger partial charge on any atom is 0.0716 e. The van der Waals surface area contributed by atoms with E-state index >= 15 is 0 Å². The smallest absolute Gasteiger partial charge is 0.0716 e. The summed E-state index contributed by atoms with van der Waals surface area (Å²) in [5.74, 6) is 0. The molecule has 2 rings (SSSR count). The summed E-state index contributed by atoms with van der Waals surface area (Å²) >= 11 is 4.27. The van der Waals surface area contributed by atoms with Crippen molar-refractivity contribution in [2.75, 3.05) is 13.1 Å². The summed E-state index contributed by atoms with van der Waals surface area (Å²) in [6.45, 7) is 6.03. The Bertz CT molecular complexity index is 109. The van der Waals surface area contributed by atoms with E-state index in [0.29, 0.717) is 12.2 Å². The Morgan fingerprint density at radius 1 is 1.18 bits per heavy atom. The summed E-state index contributed by atoms with van der Waals surface area (Å²) in [6, 6.07) is 0. The minimum Gasteiger partial charge on any atom is -0.372 e.